The van der Waals surface area contributed by atoms with Crippen LogP contribution in [0.1, 0.15) is 37.3 Å². The lowest BCUT2D eigenvalue weighted by atomic mass is 10.2. The molecule has 1 N–H and O–H groups in total. The fraction of sp³-hybridized carbons (Fsp3) is 0.636. The van der Waals surface area contributed by atoms with Crippen LogP contribution in [0, 0.1) is 0 Å². The fourth-order valence-electron chi connectivity index (χ4n) is 1.40. The number of hydrogen-bond acceptors (Lipinski definition) is 3. The predicted octanol–water partition coefficient (Wildman–Crippen LogP) is 0.917. The topological polar surface area (TPSA) is 58.4 Å². The Morgan fingerprint density at radius 2 is 2.19 bits per heavy atom. The van der Waals surface area contributed by atoms with Crippen LogP contribution in [0.5, 0.6) is 0 Å². The number of rotatable bonds is 4. The quantitative estimate of drug-likeness (QED) is 0.828. The summed E-state index contributed by atoms with van der Waals surface area (Å²) < 4.78 is 1.68. The van der Waals surface area contributed by atoms with Crippen molar-refractivity contribution < 1.29 is 9.90 Å². The summed E-state index contributed by atoms with van der Waals surface area (Å²) in [6.07, 6.45) is 1.62. The summed E-state index contributed by atoms with van der Waals surface area (Å²) in [7, 11) is 1.68. The van der Waals surface area contributed by atoms with Crippen LogP contribution >= 0.6 is 0 Å². The summed E-state index contributed by atoms with van der Waals surface area (Å²) in [6, 6.07) is 1.65. The molecular weight excluding hydrogens is 206 g/mol. The van der Waals surface area contributed by atoms with Crippen molar-refractivity contribution in [2.45, 2.75) is 32.9 Å². The third-order valence-corrected chi connectivity index (χ3v) is 2.62. The van der Waals surface area contributed by atoms with Gasteiger partial charge in [-0.3, -0.25) is 9.48 Å². The maximum absolute atomic E-state index is 12.1. The molecule has 1 rings (SSSR count). The molecule has 1 heterocycles. The molecule has 0 aliphatic carbocycles. The zero-order valence-electron chi connectivity index (χ0n) is 10.2. The van der Waals surface area contributed by atoms with Gasteiger partial charge in [0.15, 0.2) is 0 Å². The minimum Gasteiger partial charge on any atom is -0.394 e. The number of carbonyl (C=O) groups is 1. The monoisotopic (exact) mass is 225 g/mol. The van der Waals surface area contributed by atoms with Crippen molar-refractivity contribution in [1.82, 2.24) is 14.7 Å². The van der Waals surface area contributed by atoms with Gasteiger partial charge in [-0.1, -0.05) is 0 Å². The zero-order valence-corrected chi connectivity index (χ0v) is 10.2. The first-order valence-electron chi connectivity index (χ1n) is 5.40. The normalized spacial score (nSPS) is 12.9. The highest BCUT2D eigenvalue weighted by atomic mass is 16.3. The Balaban J connectivity index is 2.92. The first-order chi connectivity index (χ1) is 7.49. The molecule has 0 spiro atoms. The molecule has 1 amide bonds. The van der Waals surface area contributed by atoms with E-state index in [9.17, 15) is 4.79 Å². The van der Waals surface area contributed by atoms with Gasteiger partial charge in [0.05, 0.1) is 12.6 Å². The molecule has 90 valence electrons. The van der Waals surface area contributed by atoms with Crippen LogP contribution in [0.15, 0.2) is 12.3 Å². The van der Waals surface area contributed by atoms with Crippen molar-refractivity contribution >= 4 is 5.91 Å². The molecule has 1 aromatic heterocycles. The number of amides is 1. The van der Waals surface area contributed by atoms with E-state index in [1.165, 1.54) is 4.90 Å². The third kappa shape index (κ3) is 2.41. The molecule has 0 fully saturated rings. The highest BCUT2D eigenvalue weighted by Crippen LogP contribution is 2.11. The summed E-state index contributed by atoms with van der Waals surface area (Å²) >= 11 is 0. The Bertz CT molecular complexity index is 360. The van der Waals surface area contributed by atoms with E-state index >= 15 is 0 Å². The smallest absolute Gasteiger partial charge is 0.272 e. The lowest BCUT2D eigenvalue weighted by Gasteiger charge is -2.23. The van der Waals surface area contributed by atoms with E-state index in [0.29, 0.717) is 5.69 Å². The summed E-state index contributed by atoms with van der Waals surface area (Å²) in [5.41, 5.74) is 0.554. The van der Waals surface area contributed by atoms with Gasteiger partial charge in [0.25, 0.3) is 5.91 Å². The molecule has 0 saturated heterocycles. The minimum atomic E-state index is -0.192. The second-order valence-electron chi connectivity index (χ2n) is 4.20. The van der Waals surface area contributed by atoms with Crippen molar-refractivity contribution in [2.24, 2.45) is 0 Å². The zero-order chi connectivity index (χ0) is 12.3. The van der Waals surface area contributed by atoms with Gasteiger partial charge in [0, 0.05) is 19.3 Å². The van der Waals surface area contributed by atoms with E-state index in [1.807, 2.05) is 13.8 Å². The van der Waals surface area contributed by atoms with Gasteiger partial charge in [0.1, 0.15) is 5.69 Å². The molecule has 0 aromatic carbocycles. The van der Waals surface area contributed by atoms with Crippen LogP contribution in [0.25, 0.3) is 0 Å². The SMILES string of the molecule is CC(CO)N(C)C(=O)c1ccnn1C(C)C. The highest BCUT2D eigenvalue weighted by molar-refractivity contribution is 5.92. The van der Waals surface area contributed by atoms with Crippen LogP contribution in [0.4, 0.5) is 0 Å². The molecule has 1 aromatic rings. The Morgan fingerprint density at radius 3 is 2.69 bits per heavy atom. The minimum absolute atomic E-state index is 0.0436. The lowest BCUT2D eigenvalue weighted by Crippen LogP contribution is -2.38. The molecule has 16 heavy (non-hydrogen) atoms. The molecule has 5 heteroatoms. The molecule has 1 atom stereocenters. The van der Waals surface area contributed by atoms with Crippen molar-refractivity contribution in [1.29, 1.82) is 0 Å². The van der Waals surface area contributed by atoms with Crippen molar-refractivity contribution in [3.8, 4) is 0 Å². The summed E-state index contributed by atoms with van der Waals surface area (Å²) in [5.74, 6) is -0.118. The highest BCUT2D eigenvalue weighted by Gasteiger charge is 2.21. The lowest BCUT2D eigenvalue weighted by molar-refractivity contribution is 0.0668. The molecule has 0 saturated carbocycles. The third-order valence-electron chi connectivity index (χ3n) is 2.62. The molecule has 0 aliphatic heterocycles. The van der Waals surface area contributed by atoms with Gasteiger partial charge in [-0.25, -0.2) is 0 Å². The molecule has 0 aliphatic rings. The van der Waals surface area contributed by atoms with E-state index in [0.717, 1.165) is 0 Å². The molecule has 5 nitrogen and oxygen atoms in total. The summed E-state index contributed by atoms with van der Waals surface area (Å²) in [5, 5.41) is 13.1. The van der Waals surface area contributed by atoms with Gasteiger partial charge in [-0.05, 0) is 26.8 Å². The average Bonchev–Trinajstić information content (AvgIpc) is 2.74. The second-order valence-corrected chi connectivity index (χ2v) is 4.20. The molecule has 0 radical (unpaired) electrons. The van der Waals surface area contributed by atoms with Crippen LogP contribution in [-0.4, -0.2) is 45.4 Å². The molecule has 1 unspecified atom stereocenters. The van der Waals surface area contributed by atoms with Crippen molar-refractivity contribution in [3.05, 3.63) is 18.0 Å². The van der Waals surface area contributed by atoms with Crippen LogP contribution in [0.2, 0.25) is 0 Å². The van der Waals surface area contributed by atoms with E-state index in [2.05, 4.69) is 5.10 Å². The summed E-state index contributed by atoms with van der Waals surface area (Å²) in [6.45, 7) is 5.70. The predicted molar refractivity (Wildman–Crippen MR) is 61.3 cm³/mol. The Labute approximate surface area is 95.7 Å². The van der Waals surface area contributed by atoms with E-state index < -0.39 is 0 Å². The Kier molecular flexibility index (Phi) is 4.06. The molecular formula is C11H19N3O2. The Morgan fingerprint density at radius 1 is 1.56 bits per heavy atom. The standard InChI is InChI=1S/C11H19N3O2/c1-8(2)14-10(5-6-12-14)11(16)13(4)9(3)7-15/h5-6,8-9,15H,7H2,1-4H3. The van der Waals surface area contributed by atoms with Crippen molar-refractivity contribution in [2.75, 3.05) is 13.7 Å². The van der Waals surface area contributed by atoms with Gasteiger partial charge in [0.2, 0.25) is 0 Å². The average molecular weight is 225 g/mol. The van der Waals surface area contributed by atoms with E-state index in [4.69, 9.17) is 5.11 Å². The summed E-state index contributed by atoms with van der Waals surface area (Å²) in [4.78, 5) is 13.6. The first-order valence-corrected chi connectivity index (χ1v) is 5.40. The maximum Gasteiger partial charge on any atom is 0.272 e. The molecule has 0 bridgehead atoms. The number of likely N-dealkylation sites (N-methyl/N-ethyl adjacent to an activating group) is 1. The number of hydrogen-bond donors (Lipinski definition) is 1. The number of aliphatic hydroxyl groups excluding tert-OH is 1. The van der Waals surface area contributed by atoms with E-state index in [-0.39, 0.29) is 24.6 Å². The van der Waals surface area contributed by atoms with Crippen LogP contribution in [0.3, 0.4) is 0 Å². The number of aliphatic hydroxyl groups is 1. The van der Waals surface area contributed by atoms with Gasteiger partial charge >= 0.3 is 0 Å². The van der Waals surface area contributed by atoms with Gasteiger partial charge in [-0.2, -0.15) is 5.10 Å². The number of aromatic nitrogens is 2. The van der Waals surface area contributed by atoms with Crippen molar-refractivity contribution in [3.63, 3.8) is 0 Å². The second kappa shape index (κ2) is 5.12. The number of carbonyl (C=O) groups excluding carboxylic acids is 1. The van der Waals surface area contributed by atoms with Gasteiger partial charge in [-0.15, -0.1) is 0 Å². The number of nitrogens with zero attached hydrogens (tertiary/aromatic N) is 3. The maximum atomic E-state index is 12.1. The van der Waals surface area contributed by atoms with Gasteiger partial charge < -0.3 is 10.0 Å². The van der Waals surface area contributed by atoms with Crippen LogP contribution in [-0.2, 0) is 0 Å². The Hall–Kier alpha value is -1.36. The van der Waals surface area contributed by atoms with E-state index in [1.54, 1.807) is 30.9 Å². The van der Waals surface area contributed by atoms with Crippen LogP contribution < -0.4 is 0 Å². The fourth-order valence-corrected chi connectivity index (χ4v) is 1.40. The largest absolute Gasteiger partial charge is 0.394 e. The first kappa shape index (κ1) is 12.7.